The fourth-order valence-electron chi connectivity index (χ4n) is 2.24. The maximum atomic E-state index is 13.3. The average Bonchev–Trinajstić information content (AvgIpc) is 2.48. The molecule has 2 aromatic carbocycles. The monoisotopic (exact) mass is 287 g/mol. The van der Waals surface area contributed by atoms with Crippen LogP contribution in [0.1, 0.15) is 34.5 Å². The van der Waals surface area contributed by atoms with Crippen molar-refractivity contribution in [2.75, 3.05) is 7.05 Å². The highest BCUT2D eigenvalue weighted by Crippen LogP contribution is 2.28. The Morgan fingerprint density at radius 1 is 1.24 bits per heavy atom. The van der Waals surface area contributed by atoms with Gasteiger partial charge in [0.1, 0.15) is 11.6 Å². The van der Waals surface area contributed by atoms with Crippen LogP contribution in [-0.4, -0.2) is 23.0 Å². The molecule has 2 rings (SSSR count). The number of hydrogen-bond donors (Lipinski definition) is 1. The van der Waals surface area contributed by atoms with Gasteiger partial charge in [0.25, 0.3) is 5.91 Å². The molecule has 0 fully saturated rings. The van der Waals surface area contributed by atoms with Crippen LogP contribution in [-0.2, 0) is 0 Å². The van der Waals surface area contributed by atoms with Gasteiger partial charge in [-0.2, -0.15) is 0 Å². The quantitative estimate of drug-likeness (QED) is 0.935. The van der Waals surface area contributed by atoms with Crippen LogP contribution in [0.5, 0.6) is 5.75 Å². The molecule has 1 N–H and O–H groups in total. The molecule has 0 aliphatic heterocycles. The first-order chi connectivity index (χ1) is 9.91. The van der Waals surface area contributed by atoms with Gasteiger partial charge < -0.3 is 10.0 Å². The van der Waals surface area contributed by atoms with Crippen LogP contribution in [0.3, 0.4) is 0 Å². The van der Waals surface area contributed by atoms with E-state index in [0.717, 1.165) is 5.56 Å². The molecule has 1 atom stereocenters. The minimum atomic E-state index is -0.437. The predicted molar refractivity (Wildman–Crippen MR) is 79.8 cm³/mol. The fourth-order valence-corrected chi connectivity index (χ4v) is 2.24. The van der Waals surface area contributed by atoms with E-state index < -0.39 is 5.82 Å². The molecule has 21 heavy (non-hydrogen) atoms. The molecule has 0 saturated carbocycles. The van der Waals surface area contributed by atoms with Gasteiger partial charge in [-0.25, -0.2) is 4.39 Å². The van der Waals surface area contributed by atoms with Gasteiger partial charge in [-0.1, -0.05) is 24.3 Å². The Labute approximate surface area is 123 Å². The lowest BCUT2D eigenvalue weighted by Crippen LogP contribution is -2.30. The molecule has 0 radical (unpaired) electrons. The minimum absolute atomic E-state index is 0.139. The van der Waals surface area contributed by atoms with E-state index in [1.807, 2.05) is 6.92 Å². The zero-order chi connectivity index (χ0) is 15.6. The van der Waals surface area contributed by atoms with E-state index in [1.165, 1.54) is 17.0 Å². The second-order valence-electron chi connectivity index (χ2n) is 5.11. The molecule has 0 bridgehead atoms. The normalized spacial score (nSPS) is 12.0. The molecular weight excluding hydrogens is 269 g/mol. The van der Waals surface area contributed by atoms with Crippen LogP contribution in [0.25, 0.3) is 0 Å². The van der Waals surface area contributed by atoms with Crippen LogP contribution in [0.15, 0.2) is 42.5 Å². The van der Waals surface area contributed by atoms with Gasteiger partial charge >= 0.3 is 0 Å². The summed E-state index contributed by atoms with van der Waals surface area (Å²) in [5, 5.41) is 9.88. The Morgan fingerprint density at radius 2 is 1.90 bits per heavy atom. The maximum absolute atomic E-state index is 13.3. The Balaban J connectivity index is 2.31. The van der Waals surface area contributed by atoms with Gasteiger partial charge in [0.2, 0.25) is 0 Å². The topological polar surface area (TPSA) is 40.5 Å². The summed E-state index contributed by atoms with van der Waals surface area (Å²) in [5.41, 5.74) is 1.71. The van der Waals surface area contributed by atoms with Crippen molar-refractivity contribution in [3.63, 3.8) is 0 Å². The molecule has 0 heterocycles. The molecule has 0 aliphatic rings. The van der Waals surface area contributed by atoms with E-state index in [4.69, 9.17) is 0 Å². The summed E-state index contributed by atoms with van der Waals surface area (Å²) in [7, 11) is 1.64. The van der Waals surface area contributed by atoms with Crippen molar-refractivity contribution in [2.24, 2.45) is 0 Å². The minimum Gasteiger partial charge on any atom is -0.508 e. The third-order valence-corrected chi connectivity index (χ3v) is 3.72. The molecule has 3 nitrogen and oxygen atoms in total. The lowest BCUT2D eigenvalue weighted by Gasteiger charge is -2.26. The number of nitrogens with zero attached hydrogens (tertiary/aromatic N) is 1. The number of phenols is 1. The van der Waals surface area contributed by atoms with Crippen molar-refractivity contribution >= 4 is 5.91 Å². The highest BCUT2D eigenvalue weighted by molar-refractivity contribution is 5.95. The Kier molecular flexibility index (Phi) is 4.26. The summed E-state index contributed by atoms with van der Waals surface area (Å²) in [6.45, 7) is 3.59. The number of halogens is 1. The van der Waals surface area contributed by atoms with Crippen molar-refractivity contribution in [3.05, 3.63) is 65.0 Å². The van der Waals surface area contributed by atoms with E-state index in [1.54, 1.807) is 44.3 Å². The molecule has 0 aromatic heterocycles. The molecule has 0 aliphatic carbocycles. The van der Waals surface area contributed by atoms with Crippen LogP contribution < -0.4 is 0 Å². The second kappa shape index (κ2) is 5.95. The van der Waals surface area contributed by atoms with Crippen LogP contribution in [0.4, 0.5) is 4.39 Å². The molecule has 1 amide bonds. The first kappa shape index (κ1) is 15.0. The fraction of sp³-hybridized carbons (Fsp3) is 0.235. The summed E-state index contributed by atoms with van der Waals surface area (Å²) < 4.78 is 13.3. The van der Waals surface area contributed by atoms with Gasteiger partial charge in [-0.3, -0.25) is 4.79 Å². The molecular formula is C17H18FNO2. The Hall–Kier alpha value is -2.36. The third kappa shape index (κ3) is 3.05. The Bertz CT molecular complexity index is 670. The summed E-state index contributed by atoms with van der Waals surface area (Å²) in [6, 6.07) is 10.7. The number of hydrogen-bond acceptors (Lipinski definition) is 2. The smallest absolute Gasteiger partial charge is 0.254 e. The summed E-state index contributed by atoms with van der Waals surface area (Å²) in [6.07, 6.45) is 0. The number of amides is 1. The average molecular weight is 287 g/mol. The number of rotatable bonds is 3. The van der Waals surface area contributed by atoms with Gasteiger partial charge in [0.05, 0.1) is 6.04 Å². The van der Waals surface area contributed by atoms with Crippen molar-refractivity contribution in [2.45, 2.75) is 19.9 Å². The highest BCUT2D eigenvalue weighted by atomic mass is 19.1. The van der Waals surface area contributed by atoms with Crippen LogP contribution in [0.2, 0.25) is 0 Å². The third-order valence-electron chi connectivity index (χ3n) is 3.72. The van der Waals surface area contributed by atoms with Crippen molar-refractivity contribution in [3.8, 4) is 5.75 Å². The van der Waals surface area contributed by atoms with E-state index in [2.05, 4.69) is 0 Å². The summed E-state index contributed by atoms with van der Waals surface area (Å²) in [4.78, 5) is 14.0. The lowest BCUT2D eigenvalue weighted by atomic mass is 10.0. The zero-order valence-electron chi connectivity index (χ0n) is 12.3. The predicted octanol–water partition coefficient (Wildman–Crippen LogP) is 3.67. The van der Waals surface area contributed by atoms with E-state index in [-0.39, 0.29) is 17.7 Å². The number of carbonyl (C=O) groups is 1. The standard InChI is InChI=1S/C17H18FNO2/c1-11-8-9-13(18)10-15(11)17(21)19(3)12(2)14-6-4-5-7-16(14)20/h4-10,12,20H,1-3H3. The van der Waals surface area contributed by atoms with Gasteiger partial charge in [0, 0.05) is 18.2 Å². The Morgan fingerprint density at radius 3 is 2.57 bits per heavy atom. The largest absolute Gasteiger partial charge is 0.508 e. The van der Waals surface area contributed by atoms with E-state index >= 15 is 0 Å². The van der Waals surface area contributed by atoms with E-state index in [9.17, 15) is 14.3 Å². The maximum Gasteiger partial charge on any atom is 0.254 e. The van der Waals surface area contributed by atoms with Crippen LogP contribution in [0, 0.1) is 12.7 Å². The molecule has 1 unspecified atom stereocenters. The van der Waals surface area contributed by atoms with Gasteiger partial charge in [0.15, 0.2) is 0 Å². The van der Waals surface area contributed by atoms with E-state index in [0.29, 0.717) is 11.1 Å². The summed E-state index contributed by atoms with van der Waals surface area (Å²) >= 11 is 0. The van der Waals surface area contributed by atoms with Gasteiger partial charge in [-0.15, -0.1) is 0 Å². The number of phenolic OH excluding ortho intramolecular Hbond substituents is 1. The molecule has 2 aromatic rings. The molecule has 0 saturated heterocycles. The van der Waals surface area contributed by atoms with Crippen molar-refractivity contribution in [1.82, 2.24) is 4.90 Å². The number of para-hydroxylation sites is 1. The number of benzene rings is 2. The number of aromatic hydroxyl groups is 1. The van der Waals surface area contributed by atoms with Gasteiger partial charge in [-0.05, 0) is 37.6 Å². The number of aryl methyl sites for hydroxylation is 1. The first-order valence-corrected chi connectivity index (χ1v) is 6.73. The van der Waals surface area contributed by atoms with Crippen molar-refractivity contribution in [1.29, 1.82) is 0 Å². The molecule has 110 valence electrons. The first-order valence-electron chi connectivity index (χ1n) is 6.73. The zero-order valence-corrected chi connectivity index (χ0v) is 12.3. The number of carbonyl (C=O) groups excluding carboxylic acids is 1. The highest BCUT2D eigenvalue weighted by Gasteiger charge is 2.22. The lowest BCUT2D eigenvalue weighted by molar-refractivity contribution is 0.0740. The molecule has 4 heteroatoms. The second-order valence-corrected chi connectivity index (χ2v) is 5.11. The molecule has 0 spiro atoms. The van der Waals surface area contributed by atoms with Crippen LogP contribution >= 0.6 is 0 Å². The SMILES string of the molecule is Cc1ccc(F)cc1C(=O)N(C)C(C)c1ccccc1O. The van der Waals surface area contributed by atoms with Crippen molar-refractivity contribution < 1.29 is 14.3 Å². The summed E-state index contributed by atoms with van der Waals surface area (Å²) in [5.74, 6) is -0.573.